The van der Waals surface area contributed by atoms with Gasteiger partial charge in [-0.05, 0) is 43.5 Å². The number of hydrogen-bond acceptors (Lipinski definition) is 3. The minimum absolute atomic E-state index is 0.660. The van der Waals surface area contributed by atoms with Gasteiger partial charge in [-0.15, -0.1) is 0 Å². The Morgan fingerprint density at radius 3 is 2.53 bits per heavy atom. The van der Waals surface area contributed by atoms with E-state index in [0.717, 1.165) is 47.4 Å². The normalized spacial score (nSPS) is 11.1. The highest BCUT2D eigenvalue weighted by atomic mass is 15.1. The molecule has 0 spiro atoms. The van der Waals surface area contributed by atoms with Crippen LogP contribution in [0.3, 0.4) is 0 Å². The Hall–Kier alpha value is -3.32. The van der Waals surface area contributed by atoms with Crippen LogP contribution in [0.25, 0.3) is 16.7 Å². The number of para-hydroxylation sites is 2. The maximum absolute atomic E-state index is 9.98. The molecule has 0 bridgehead atoms. The number of nitrogens with zero attached hydrogens (tertiary/aromatic N) is 3. The van der Waals surface area contributed by atoms with E-state index in [9.17, 15) is 5.26 Å². The Bertz CT molecular complexity index is 1230. The Morgan fingerprint density at radius 1 is 1.03 bits per heavy atom. The fourth-order valence-electron chi connectivity index (χ4n) is 4.08. The molecule has 0 saturated carbocycles. The lowest BCUT2D eigenvalue weighted by Crippen LogP contribution is -2.12. The van der Waals surface area contributed by atoms with Crippen LogP contribution in [0.1, 0.15) is 54.0 Å². The number of rotatable bonds is 7. The van der Waals surface area contributed by atoms with Gasteiger partial charge in [-0.25, -0.2) is 4.98 Å². The van der Waals surface area contributed by atoms with E-state index in [1.165, 1.54) is 29.5 Å². The summed E-state index contributed by atoms with van der Waals surface area (Å²) in [5.41, 5.74) is 8.02. The van der Waals surface area contributed by atoms with Crippen LogP contribution in [0, 0.1) is 25.2 Å². The molecule has 30 heavy (non-hydrogen) atoms. The van der Waals surface area contributed by atoms with Gasteiger partial charge < -0.3 is 5.32 Å². The summed E-state index contributed by atoms with van der Waals surface area (Å²) in [7, 11) is 0. The van der Waals surface area contributed by atoms with Crippen molar-refractivity contribution in [2.45, 2.75) is 46.5 Å². The second-order valence-corrected chi connectivity index (χ2v) is 7.99. The van der Waals surface area contributed by atoms with E-state index in [2.05, 4.69) is 66.9 Å². The summed E-state index contributed by atoms with van der Waals surface area (Å²) in [5.74, 6) is 1.06. The Kier molecular flexibility index (Phi) is 5.72. The summed E-state index contributed by atoms with van der Waals surface area (Å²) in [4.78, 5) is 4.81. The topological polar surface area (TPSA) is 53.1 Å². The van der Waals surface area contributed by atoms with Crippen LogP contribution in [0.15, 0.2) is 48.5 Å². The molecule has 4 rings (SSSR count). The second-order valence-electron chi connectivity index (χ2n) is 7.99. The molecule has 2 aromatic heterocycles. The zero-order chi connectivity index (χ0) is 21.1. The van der Waals surface area contributed by atoms with Crippen molar-refractivity contribution >= 4 is 22.5 Å². The zero-order valence-electron chi connectivity index (χ0n) is 18.0. The molecule has 152 valence electrons. The number of imidazole rings is 1. The minimum atomic E-state index is 0.660. The van der Waals surface area contributed by atoms with Crippen LogP contribution >= 0.6 is 0 Å². The molecule has 0 aliphatic heterocycles. The van der Waals surface area contributed by atoms with Crippen molar-refractivity contribution < 1.29 is 0 Å². The molecule has 0 saturated heterocycles. The van der Waals surface area contributed by atoms with Crippen molar-refractivity contribution in [1.29, 1.82) is 5.26 Å². The molecule has 0 radical (unpaired) electrons. The zero-order valence-corrected chi connectivity index (χ0v) is 18.0. The molecule has 4 aromatic rings. The number of hydrogen-bond donors (Lipinski definition) is 1. The molecule has 0 atom stereocenters. The molecule has 0 amide bonds. The maximum atomic E-state index is 9.98. The number of unbranched alkanes of at least 4 members (excludes halogenated alkanes) is 2. The van der Waals surface area contributed by atoms with Gasteiger partial charge in [-0.2, -0.15) is 5.26 Å². The fraction of sp³-hybridized carbons (Fsp3) is 0.308. The van der Waals surface area contributed by atoms with Crippen molar-refractivity contribution in [3.8, 4) is 6.07 Å². The molecule has 0 aliphatic carbocycles. The summed E-state index contributed by atoms with van der Waals surface area (Å²) < 4.78 is 2.15. The van der Waals surface area contributed by atoms with Crippen LogP contribution in [0.5, 0.6) is 0 Å². The van der Waals surface area contributed by atoms with E-state index in [-0.39, 0.29) is 0 Å². The summed E-state index contributed by atoms with van der Waals surface area (Å²) in [6, 6.07) is 19.2. The maximum Gasteiger partial charge on any atom is 0.157 e. The summed E-state index contributed by atoms with van der Waals surface area (Å²) in [6.07, 6.45) is 4.28. The number of fused-ring (bicyclic) bond motifs is 3. The summed E-state index contributed by atoms with van der Waals surface area (Å²) in [5, 5.41) is 13.7. The van der Waals surface area contributed by atoms with Crippen molar-refractivity contribution in [1.82, 2.24) is 9.38 Å². The first-order valence-corrected chi connectivity index (χ1v) is 10.8. The van der Waals surface area contributed by atoms with Crippen molar-refractivity contribution in [3.63, 3.8) is 0 Å². The van der Waals surface area contributed by atoms with E-state index in [4.69, 9.17) is 4.98 Å². The predicted molar refractivity (Wildman–Crippen MR) is 124 cm³/mol. The average molecular weight is 397 g/mol. The van der Waals surface area contributed by atoms with Gasteiger partial charge in [0.05, 0.1) is 16.6 Å². The van der Waals surface area contributed by atoms with Gasteiger partial charge in [0, 0.05) is 18.5 Å². The van der Waals surface area contributed by atoms with Crippen LogP contribution < -0.4 is 5.32 Å². The number of nitriles is 1. The summed E-state index contributed by atoms with van der Waals surface area (Å²) in [6.45, 7) is 7.28. The second kappa shape index (κ2) is 8.59. The highest BCUT2D eigenvalue weighted by molar-refractivity contribution is 5.86. The molecular weight excluding hydrogens is 368 g/mol. The van der Waals surface area contributed by atoms with Crippen LogP contribution in [-0.2, 0) is 6.42 Å². The molecule has 4 nitrogen and oxygen atoms in total. The van der Waals surface area contributed by atoms with E-state index in [1.807, 2.05) is 18.2 Å². The van der Waals surface area contributed by atoms with Gasteiger partial charge in [0.25, 0.3) is 0 Å². The third-order valence-corrected chi connectivity index (χ3v) is 5.81. The standard InChI is InChI=1S/C26H28N4/c1-4-5-8-15-28-25-21(16-20-13-11-18(2)12-14-20)19(3)22(17-27)26-29-23-9-6-7-10-24(23)30(25)26/h6-7,9-14,28H,4-5,8,15-16H2,1-3H3. The Labute approximate surface area is 178 Å². The number of aromatic nitrogens is 2. The van der Waals surface area contributed by atoms with Gasteiger partial charge in [0.1, 0.15) is 11.9 Å². The number of pyridine rings is 1. The average Bonchev–Trinajstić information content (AvgIpc) is 3.13. The van der Waals surface area contributed by atoms with E-state index in [1.54, 1.807) is 0 Å². The van der Waals surface area contributed by atoms with Crippen LogP contribution in [0.4, 0.5) is 5.82 Å². The van der Waals surface area contributed by atoms with Crippen molar-refractivity contribution in [2.75, 3.05) is 11.9 Å². The molecule has 0 aliphatic rings. The highest BCUT2D eigenvalue weighted by Gasteiger charge is 2.20. The molecule has 1 N–H and O–H groups in total. The Balaban J connectivity index is 1.94. The minimum Gasteiger partial charge on any atom is -0.371 e. The lowest BCUT2D eigenvalue weighted by Gasteiger charge is -2.19. The number of nitrogens with one attached hydrogen (secondary N) is 1. The molecule has 2 aromatic carbocycles. The molecule has 0 unspecified atom stereocenters. The molecular formula is C26H28N4. The summed E-state index contributed by atoms with van der Waals surface area (Å²) >= 11 is 0. The number of benzene rings is 2. The largest absolute Gasteiger partial charge is 0.371 e. The number of anilines is 1. The predicted octanol–water partition coefficient (Wildman–Crippen LogP) is 6.17. The quantitative estimate of drug-likeness (QED) is 0.380. The molecule has 2 heterocycles. The van der Waals surface area contributed by atoms with Gasteiger partial charge in [-0.1, -0.05) is 61.7 Å². The first-order chi connectivity index (χ1) is 14.6. The third-order valence-electron chi connectivity index (χ3n) is 5.81. The molecule has 0 fully saturated rings. The van der Waals surface area contributed by atoms with Gasteiger partial charge >= 0.3 is 0 Å². The Morgan fingerprint density at radius 2 is 1.80 bits per heavy atom. The van der Waals surface area contributed by atoms with Crippen LogP contribution in [-0.4, -0.2) is 15.9 Å². The van der Waals surface area contributed by atoms with Crippen molar-refractivity contribution in [2.24, 2.45) is 0 Å². The third kappa shape index (κ3) is 3.64. The molecule has 4 heteroatoms. The lowest BCUT2D eigenvalue weighted by atomic mass is 9.97. The van der Waals surface area contributed by atoms with E-state index in [0.29, 0.717) is 5.56 Å². The van der Waals surface area contributed by atoms with Gasteiger partial charge in [0.15, 0.2) is 5.65 Å². The fourth-order valence-corrected chi connectivity index (χ4v) is 4.08. The first-order valence-electron chi connectivity index (χ1n) is 10.8. The number of aryl methyl sites for hydroxylation is 1. The van der Waals surface area contributed by atoms with Gasteiger partial charge in [0.2, 0.25) is 0 Å². The van der Waals surface area contributed by atoms with E-state index < -0.39 is 0 Å². The monoisotopic (exact) mass is 396 g/mol. The SMILES string of the molecule is CCCCCNc1c(Cc2ccc(C)cc2)c(C)c(C#N)c2nc3ccccc3n12. The van der Waals surface area contributed by atoms with Crippen molar-refractivity contribution in [3.05, 3.63) is 76.3 Å². The first kappa shape index (κ1) is 20.0. The van der Waals surface area contributed by atoms with Crippen LogP contribution in [0.2, 0.25) is 0 Å². The van der Waals surface area contributed by atoms with Gasteiger partial charge in [-0.3, -0.25) is 4.40 Å². The van der Waals surface area contributed by atoms with E-state index >= 15 is 0 Å². The smallest absolute Gasteiger partial charge is 0.157 e. The lowest BCUT2D eigenvalue weighted by molar-refractivity contribution is 0.741. The highest BCUT2D eigenvalue weighted by Crippen LogP contribution is 2.32.